The lowest BCUT2D eigenvalue weighted by atomic mass is 10.2. The highest BCUT2D eigenvalue weighted by molar-refractivity contribution is 7.89. The van der Waals surface area contributed by atoms with Gasteiger partial charge in [0.15, 0.2) is 0 Å². The molecule has 1 aliphatic heterocycles. The van der Waals surface area contributed by atoms with Gasteiger partial charge in [-0.15, -0.1) is 0 Å². The van der Waals surface area contributed by atoms with Crippen molar-refractivity contribution in [3.05, 3.63) is 60.2 Å². The van der Waals surface area contributed by atoms with E-state index >= 15 is 0 Å². The van der Waals surface area contributed by atoms with Crippen LogP contribution in [0, 0.1) is 0 Å². The maximum absolute atomic E-state index is 13.0. The second-order valence-corrected chi connectivity index (χ2v) is 8.49. The number of hydrogen-bond acceptors (Lipinski definition) is 6. The second-order valence-electron chi connectivity index (χ2n) is 6.58. The lowest BCUT2D eigenvalue weighted by Crippen LogP contribution is -2.50. The molecule has 2 aromatic carbocycles. The third-order valence-electron chi connectivity index (χ3n) is 4.67. The van der Waals surface area contributed by atoms with Gasteiger partial charge in [-0.3, -0.25) is 9.69 Å². The number of nitrogens with one attached hydrogen (secondary N) is 1. The molecule has 1 saturated heterocycles. The van der Waals surface area contributed by atoms with Gasteiger partial charge in [0.25, 0.3) is 0 Å². The van der Waals surface area contributed by atoms with Gasteiger partial charge in [-0.25, -0.2) is 13.2 Å². The number of methoxy groups -OCH3 is 1. The highest BCUT2D eigenvalue weighted by Gasteiger charge is 2.32. The Balaban J connectivity index is 1.62. The summed E-state index contributed by atoms with van der Waals surface area (Å²) in [6.07, 6.45) is 0. The number of benzene rings is 2. The first-order valence-electron chi connectivity index (χ1n) is 9.16. The van der Waals surface area contributed by atoms with Gasteiger partial charge in [0.05, 0.1) is 24.1 Å². The van der Waals surface area contributed by atoms with E-state index in [1.165, 1.54) is 23.5 Å². The van der Waals surface area contributed by atoms with Crippen LogP contribution < -0.4 is 5.32 Å². The summed E-state index contributed by atoms with van der Waals surface area (Å²) in [5.41, 5.74) is 0.734. The second kappa shape index (κ2) is 9.17. The van der Waals surface area contributed by atoms with E-state index in [4.69, 9.17) is 4.74 Å². The summed E-state index contributed by atoms with van der Waals surface area (Å²) < 4.78 is 32.1. The molecule has 0 radical (unpaired) electrons. The van der Waals surface area contributed by atoms with Crippen LogP contribution in [0.5, 0.6) is 0 Å². The summed E-state index contributed by atoms with van der Waals surface area (Å²) in [7, 11) is -2.63. The summed E-state index contributed by atoms with van der Waals surface area (Å²) in [5.74, 6) is -0.844. The number of carbonyl (C=O) groups excluding carboxylic acids is 2. The molecular weight excluding hydrogens is 394 g/mol. The zero-order valence-electron chi connectivity index (χ0n) is 16.1. The highest BCUT2D eigenvalue weighted by atomic mass is 32.2. The predicted octanol–water partition coefficient (Wildman–Crippen LogP) is 1.42. The van der Waals surface area contributed by atoms with E-state index in [1.54, 1.807) is 24.3 Å². The van der Waals surface area contributed by atoms with E-state index in [0.29, 0.717) is 13.1 Å². The van der Waals surface area contributed by atoms with Crippen LogP contribution in [0.2, 0.25) is 0 Å². The van der Waals surface area contributed by atoms with Crippen LogP contribution in [0.15, 0.2) is 59.5 Å². The van der Waals surface area contributed by atoms with Crippen LogP contribution in [0.25, 0.3) is 0 Å². The van der Waals surface area contributed by atoms with E-state index < -0.39 is 16.0 Å². The van der Waals surface area contributed by atoms with Gasteiger partial charge in [0.1, 0.15) is 0 Å². The number of ether oxygens (including phenoxy) is 1. The lowest BCUT2D eigenvalue weighted by Gasteiger charge is -2.33. The van der Waals surface area contributed by atoms with Crippen molar-refractivity contribution in [1.82, 2.24) is 9.21 Å². The largest absolute Gasteiger partial charge is 0.465 e. The maximum atomic E-state index is 13.0. The predicted molar refractivity (Wildman–Crippen MR) is 108 cm³/mol. The topological polar surface area (TPSA) is 96.0 Å². The SMILES string of the molecule is COC(=O)c1ccccc1S(=O)(=O)N1CCN(CC(=O)Nc2ccccc2)CC1. The molecule has 0 aliphatic carbocycles. The van der Waals surface area contributed by atoms with E-state index in [0.717, 1.165) is 5.69 Å². The molecule has 0 saturated carbocycles. The molecule has 2 aromatic rings. The van der Waals surface area contributed by atoms with Crippen molar-refractivity contribution in [2.75, 3.05) is 45.2 Å². The Morgan fingerprint density at radius 2 is 1.59 bits per heavy atom. The van der Waals surface area contributed by atoms with Gasteiger partial charge in [0.2, 0.25) is 15.9 Å². The Morgan fingerprint density at radius 1 is 0.966 bits per heavy atom. The molecule has 1 amide bonds. The van der Waals surface area contributed by atoms with Gasteiger partial charge in [-0.05, 0) is 24.3 Å². The minimum absolute atomic E-state index is 0.0136. The normalized spacial score (nSPS) is 15.6. The van der Waals surface area contributed by atoms with E-state index in [-0.39, 0.29) is 36.0 Å². The minimum Gasteiger partial charge on any atom is -0.465 e. The van der Waals surface area contributed by atoms with Gasteiger partial charge in [-0.1, -0.05) is 30.3 Å². The summed E-state index contributed by atoms with van der Waals surface area (Å²) >= 11 is 0. The molecule has 0 spiro atoms. The van der Waals surface area contributed by atoms with Crippen LogP contribution in [0.1, 0.15) is 10.4 Å². The molecular formula is C20H23N3O5S. The van der Waals surface area contributed by atoms with Crippen molar-refractivity contribution in [3.8, 4) is 0 Å². The molecule has 154 valence electrons. The standard InChI is InChI=1S/C20H23N3O5S/c1-28-20(25)17-9-5-6-10-18(17)29(26,27)23-13-11-22(12-14-23)15-19(24)21-16-7-3-2-4-8-16/h2-10H,11-15H2,1H3,(H,21,24). The van der Waals surface area contributed by atoms with Gasteiger partial charge in [0, 0.05) is 31.9 Å². The van der Waals surface area contributed by atoms with Crippen molar-refractivity contribution in [3.63, 3.8) is 0 Å². The van der Waals surface area contributed by atoms with Gasteiger partial charge in [-0.2, -0.15) is 4.31 Å². The summed E-state index contributed by atoms with van der Waals surface area (Å²) in [4.78, 5) is 26.0. The third-order valence-corrected chi connectivity index (χ3v) is 6.62. The molecule has 0 aromatic heterocycles. The van der Waals surface area contributed by atoms with Crippen molar-refractivity contribution >= 4 is 27.6 Å². The highest BCUT2D eigenvalue weighted by Crippen LogP contribution is 2.22. The van der Waals surface area contributed by atoms with Crippen molar-refractivity contribution in [1.29, 1.82) is 0 Å². The van der Waals surface area contributed by atoms with Crippen LogP contribution in [-0.4, -0.2) is 69.3 Å². The molecule has 3 rings (SSSR count). The number of amides is 1. The maximum Gasteiger partial charge on any atom is 0.339 e. The number of hydrogen-bond donors (Lipinski definition) is 1. The number of anilines is 1. The fraction of sp³-hybridized carbons (Fsp3) is 0.300. The molecule has 0 atom stereocenters. The lowest BCUT2D eigenvalue weighted by molar-refractivity contribution is -0.117. The van der Waals surface area contributed by atoms with Crippen LogP contribution in [0.3, 0.4) is 0 Å². The first kappa shape index (κ1) is 21.0. The van der Waals surface area contributed by atoms with Crippen molar-refractivity contribution in [2.24, 2.45) is 0 Å². The fourth-order valence-electron chi connectivity index (χ4n) is 3.16. The number of piperazine rings is 1. The van der Waals surface area contributed by atoms with Crippen molar-refractivity contribution in [2.45, 2.75) is 4.90 Å². The number of sulfonamides is 1. The summed E-state index contributed by atoms with van der Waals surface area (Å²) in [6.45, 7) is 1.48. The number of esters is 1. The molecule has 1 aliphatic rings. The molecule has 29 heavy (non-hydrogen) atoms. The number of rotatable bonds is 6. The minimum atomic E-state index is -3.84. The Labute approximate surface area is 170 Å². The average molecular weight is 417 g/mol. The first-order chi connectivity index (χ1) is 13.9. The molecule has 9 heteroatoms. The van der Waals surface area contributed by atoms with E-state index in [1.807, 2.05) is 23.1 Å². The summed E-state index contributed by atoms with van der Waals surface area (Å²) in [5, 5.41) is 2.82. The van der Waals surface area contributed by atoms with Gasteiger partial charge < -0.3 is 10.1 Å². The monoisotopic (exact) mass is 417 g/mol. The smallest absolute Gasteiger partial charge is 0.339 e. The molecule has 0 bridgehead atoms. The van der Waals surface area contributed by atoms with E-state index in [9.17, 15) is 18.0 Å². The first-order valence-corrected chi connectivity index (χ1v) is 10.6. The fourth-order valence-corrected chi connectivity index (χ4v) is 4.76. The quantitative estimate of drug-likeness (QED) is 0.714. The third kappa shape index (κ3) is 5.00. The Morgan fingerprint density at radius 3 is 2.24 bits per heavy atom. The molecule has 1 N–H and O–H groups in total. The molecule has 8 nitrogen and oxygen atoms in total. The van der Waals surface area contributed by atoms with E-state index in [2.05, 4.69) is 5.32 Å². The molecule has 1 heterocycles. The van der Waals surface area contributed by atoms with Gasteiger partial charge >= 0.3 is 5.97 Å². The summed E-state index contributed by atoms with van der Waals surface area (Å²) in [6, 6.07) is 15.2. The number of carbonyl (C=O) groups is 2. The number of para-hydroxylation sites is 1. The van der Waals surface area contributed by atoms with Crippen molar-refractivity contribution < 1.29 is 22.7 Å². The molecule has 1 fully saturated rings. The van der Waals surface area contributed by atoms with Crippen LogP contribution >= 0.6 is 0 Å². The zero-order valence-corrected chi connectivity index (χ0v) is 16.9. The van der Waals surface area contributed by atoms with Crippen LogP contribution in [0.4, 0.5) is 5.69 Å². The number of nitrogens with zero attached hydrogens (tertiary/aromatic N) is 2. The Hall–Kier alpha value is -2.75. The zero-order chi connectivity index (χ0) is 20.9. The molecule has 0 unspecified atom stereocenters. The average Bonchev–Trinajstić information content (AvgIpc) is 2.74. The Bertz CT molecular complexity index is 971. The Kier molecular flexibility index (Phi) is 6.63. The van der Waals surface area contributed by atoms with Crippen LogP contribution in [-0.2, 0) is 19.6 Å².